The third kappa shape index (κ3) is 5.94. The molecular formula is C28H25ClN2O3. The summed E-state index contributed by atoms with van der Waals surface area (Å²) < 4.78 is 11.7. The Hall–Kier alpha value is -3.83. The van der Waals surface area contributed by atoms with Crippen molar-refractivity contribution >= 4 is 34.5 Å². The van der Waals surface area contributed by atoms with Gasteiger partial charge in [-0.2, -0.15) is 5.10 Å². The maximum atomic E-state index is 12.5. The molecule has 0 radical (unpaired) electrons. The van der Waals surface area contributed by atoms with Gasteiger partial charge in [0.2, 0.25) is 0 Å². The molecule has 0 unspecified atom stereocenters. The van der Waals surface area contributed by atoms with E-state index in [9.17, 15) is 4.79 Å². The van der Waals surface area contributed by atoms with Gasteiger partial charge in [0, 0.05) is 16.1 Å². The molecule has 0 aliphatic heterocycles. The summed E-state index contributed by atoms with van der Waals surface area (Å²) in [5, 5.41) is 6.90. The number of amides is 1. The molecule has 34 heavy (non-hydrogen) atoms. The number of hydrazone groups is 1. The second-order valence-electron chi connectivity index (χ2n) is 7.69. The van der Waals surface area contributed by atoms with Crippen LogP contribution in [0.2, 0.25) is 5.02 Å². The zero-order valence-corrected chi connectivity index (χ0v) is 19.6. The monoisotopic (exact) mass is 472 g/mol. The first-order valence-corrected chi connectivity index (χ1v) is 11.5. The fourth-order valence-electron chi connectivity index (χ4n) is 3.46. The average molecular weight is 473 g/mol. The molecule has 0 aliphatic rings. The second-order valence-corrected chi connectivity index (χ2v) is 8.13. The fourth-order valence-corrected chi connectivity index (χ4v) is 3.68. The van der Waals surface area contributed by atoms with E-state index in [0.717, 1.165) is 34.1 Å². The Kier molecular flexibility index (Phi) is 7.79. The molecule has 172 valence electrons. The largest absolute Gasteiger partial charge is 0.494 e. The fraction of sp³-hybridized carbons (Fsp3) is 0.143. The van der Waals surface area contributed by atoms with Crippen LogP contribution in [0.3, 0.4) is 0 Å². The normalized spacial score (nSPS) is 11.0. The number of carbonyl (C=O) groups excluding carboxylic acids is 1. The minimum Gasteiger partial charge on any atom is -0.494 e. The van der Waals surface area contributed by atoms with Crippen molar-refractivity contribution in [2.24, 2.45) is 5.10 Å². The zero-order chi connectivity index (χ0) is 23.8. The first kappa shape index (κ1) is 23.3. The third-order valence-corrected chi connectivity index (χ3v) is 5.40. The molecule has 4 aromatic rings. The minimum absolute atomic E-state index is 0.306. The molecular weight excluding hydrogens is 448 g/mol. The molecule has 1 N–H and O–H groups in total. The summed E-state index contributed by atoms with van der Waals surface area (Å²) in [6.07, 6.45) is 2.54. The van der Waals surface area contributed by atoms with Crippen molar-refractivity contribution in [2.45, 2.75) is 20.0 Å². The van der Waals surface area contributed by atoms with Crippen LogP contribution in [0.1, 0.15) is 34.8 Å². The molecule has 4 rings (SSSR count). The quantitative estimate of drug-likeness (QED) is 0.220. The first-order chi connectivity index (χ1) is 16.6. The van der Waals surface area contributed by atoms with Crippen molar-refractivity contribution in [2.75, 3.05) is 6.61 Å². The molecule has 1 amide bonds. The second kappa shape index (κ2) is 11.3. The molecule has 0 spiro atoms. The van der Waals surface area contributed by atoms with E-state index in [1.807, 2.05) is 67.6 Å². The summed E-state index contributed by atoms with van der Waals surface area (Å²) in [4.78, 5) is 12.5. The van der Waals surface area contributed by atoms with E-state index < -0.39 is 0 Å². The number of nitrogens with one attached hydrogen (secondary N) is 1. The summed E-state index contributed by atoms with van der Waals surface area (Å²) >= 11 is 6.09. The van der Waals surface area contributed by atoms with E-state index >= 15 is 0 Å². The lowest BCUT2D eigenvalue weighted by Gasteiger charge is -2.12. The lowest BCUT2D eigenvalue weighted by atomic mass is 10.0. The number of hydrogen-bond donors (Lipinski definition) is 1. The number of ether oxygens (including phenoxy) is 2. The summed E-state index contributed by atoms with van der Waals surface area (Å²) in [6.45, 7) is 3.05. The molecule has 5 nitrogen and oxygen atoms in total. The summed E-state index contributed by atoms with van der Waals surface area (Å²) in [5.74, 6) is 1.09. The predicted molar refractivity (Wildman–Crippen MR) is 137 cm³/mol. The molecule has 0 saturated carbocycles. The molecule has 4 aromatic carbocycles. The minimum atomic E-state index is -0.306. The molecule has 0 heterocycles. The van der Waals surface area contributed by atoms with Gasteiger partial charge in [-0.25, -0.2) is 5.43 Å². The zero-order valence-electron chi connectivity index (χ0n) is 18.8. The Morgan fingerprint density at radius 2 is 1.79 bits per heavy atom. The highest BCUT2D eigenvalue weighted by Crippen LogP contribution is 2.27. The maximum absolute atomic E-state index is 12.5. The van der Waals surface area contributed by atoms with Crippen molar-refractivity contribution in [1.29, 1.82) is 0 Å². The van der Waals surface area contributed by atoms with E-state index in [1.54, 1.807) is 30.5 Å². The lowest BCUT2D eigenvalue weighted by Crippen LogP contribution is -2.17. The highest BCUT2D eigenvalue weighted by atomic mass is 35.5. The van der Waals surface area contributed by atoms with Crippen LogP contribution in [0.25, 0.3) is 10.8 Å². The van der Waals surface area contributed by atoms with E-state index in [1.165, 1.54) is 0 Å². The Balaban J connectivity index is 1.51. The van der Waals surface area contributed by atoms with Crippen molar-refractivity contribution < 1.29 is 14.3 Å². The smallest absolute Gasteiger partial charge is 0.271 e. The van der Waals surface area contributed by atoms with E-state index in [2.05, 4.69) is 10.5 Å². The first-order valence-electron chi connectivity index (χ1n) is 11.1. The van der Waals surface area contributed by atoms with E-state index in [0.29, 0.717) is 29.5 Å². The van der Waals surface area contributed by atoms with Gasteiger partial charge in [0.05, 0.1) is 12.8 Å². The van der Waals surface area contributed by atoms with Gasteiger partial charge in [-0.1, -0.05) is 61.0 Å². The molecule has 6 heteroatoms. The van der Waals surface area contributed by atoms with Crippen LogP contribution >= 0.6 is 11.6 Å². The van der Waals surface area contributed by atoms with Crippen LogP contribution in [0.4, 0.5) is 0 Å². The van der Waals surface area contributed by atoms with Gasteiger partial charge in [0.15, 0.2) is 0 Å². The highest BCUT2D eigenvalue weighted by Gasteiger charge is 2.09. The van der Waals surface area contributed by atoms with Crippen LogP contribution in [0, 0.1) is 0 Å². The van der Waals surface area contributed by atoms with Gasteiger partial charge >= 0.3 is 0 Å². The SMILES string of the molecule is CCCOc1ccc(C(=O)N/N=C\c2c(OCc3cccc(Cl)c3)ccc3ccccc23)cc1. The van der Waals surface area contributed by atoms with Crippen molar-refractivity contribution in [1.82, 2.24) is 5.43 Å². The van der Waals surface area contributed by atoms with Gasteiger partial charge in [-0.3, -0.25) is 4.79 Å². The van der Waals surface area contributed by atoms with Crippen molar-refractivity contribution in [3.63, 3.8) is 0 Å². The Morgan fingerprint density at radius 3 is 2.59 bits per heavy atom. The molecule has 0 aromatic heterocycles. The molecule has 0 aliphatic carbocycles. The Labute approximate surface area is 204 Å². The number of hydrogen-bond acceptors (Lipinski definition) is 4. The lowest BCUT2D eigenvalue weighted by molar-refractivity contribution is 0.0955. The van der Waals surface area contributed by atoms with E-state index in [4.69, 9.17) is 21.1 Å². The number of carbonyl (C=O) groups is 1. The van der Waals surface area contributed by atoms with Crippen LogP contribution < -0.4 is 14.9 Å². The van der Waals surface area contributed by atoms with Crippen molar-refractivity contribution in [3.05, 3.63) is 107 Å². The van der Waals surface area contributed by atoms with Gasteiger partial charge in [0.1, 0.15) is 18.1 Å². The Bertz CT molecular complexity index is 1300. The van der Waals surface area contributed by atoms with Crippen LogP contribution in [-0.2, 0) is 6.61 Å². The standard InChI is InChI=1S/C28H25ClN2O3/c1-2-16-33-24-13-10-22(11-14-24)28(32)31-30-18-26-25-9-4-3-7-21(25)12-15-27(26)34-19-20-6-5-8-23(29)17-20/h3-15,17-18H,2,16,19H2,1H3,(H,31,32)/b30-18-. The van der Waals surface area contributed by atoms with Crippen LogP contribution in [-0.4, -0.2) is 18.7 Å². The molecule has 0 fully saturated rings. The Morgan fingerprint density at radius 1 is 0.971 bits per heavy atom. The topological polar surface area (TPSA) is 59.9 Å². The average Bonchev–Trinajstić information content (AvgIpc) is 2.87. The summed E-state index contributed by atoms with van der Waals surface area (Å²) in [5.41, 5.74) is 4.84. The molecule has 0 bridgehead atoms. The summed E-state index contributed by atoms with van der Waals surface area (Å²) in [6, 6.07) is 26.4. The van der Waals surface area contributed by atoms with Gasteiger partial charge in [-0.15, -0.1) is 0 Å². The highest BCUT2D eigenvalue weighted by molar-refractivity contribution is 6.30. The number of fused-ring (bicyclic) bond motifs is 1. The van der Waals surface area contributed by atoms with Crippen LogP contribution in [0.5, 0.6) is 11.5 Å². The van der Waals surface area contributed by atoms with E-state index in [-0.39, 0.29) is 5.91 Å². The number of benzene rings is 4. The van der Waals surface area contributed by atoms with Gasteiger partial charge in [0.25, 0.3) is 5.91 Å². The van der Waals surface area contributed by atoms with Gasteiger partial charge < -0.3 is 9.47 Å². The number of halogens is 1. The van der Waals surface area contributed by atoms with Gasteiger partial charge in [-0.05, 0) is 65.2 Å². The maximum Gasteiger partial charge on any atom is 0.271 e. The molecule has 0 atom stereocenters. The van der Waals surface area contributed by atoms with Crippen molar-refractivity contribution in [3.8, 4) is 11.5 Å². The summed E-state index contributed by atoms with van der Waals surface area (Å²) in [7, 11) is 0. The number of rotatable bonds is 9. The predicted octanol–water partition coefficient (Wildman–Crippen LogP) is 6.62. The van der Waals surface area contributed by atoms with Crippen LogP contribution in [0.15, 0.2) is 90.0 Å². The molecule has 0 saturated heterocycles. The third-order valence-electron chi connectivity index (χ3n) is 5.16. The number of nitrogens with zero attached hydrogens (tertiary/aromatic N) is 1.